The van der Waals surface area contributed by atoms with Gasteiger partial charge in [-0.1, -0.05) is 0 Å². The highest BCUT2D eigenvalue weighted by atomic mass is 16.5. The van der Waals surface area contributed by atoms with Crippen molar-refractivity contribution >= 4 is 5.82 Å². The van der Waals surface area contributed by atoms with Crippen LogP contribution in [0.1, 0.15) is 23.5 Å². The second kappa shape index (κ2) is 6.63. The lowest BCUT2D eigenvalue weighted by molar-refractivity contribution is 0.0716. The first-order chi connectivity index (χ1) is 8.85. The molecule has 0 amide bonds. The number of aromatic nitrogens is 2. The number of rotatable bonds is 7. The van der Waals surface area contributed by atoms with Gasteiger partial charge in [-0.15, -0.1) is 0 Å². The van der Waals surface area contributed by atoms with Crippen LogP contribution >= 0.6 is 0 Å². The summed E-state index contributed by atoms with van der Waals surface area (Å²) < 4.78 is 10.3. The number of fused-ring (bicyclic) bond motifs is 1. The Morgan fingerprint density at radius 3 is 2.89 bits per heavy atom. The summed E-state index contributed by atoms with van der Waals surface area (Å²) in [5.41, 5.74) is 4.96. The van der Waals surface area contributed by atoms with Gasteiger partial charge in [0, 0.05) is 24.8 Å². The van der Waals surface area contributed by atoms with Gasteiger partial charge in [0.1, 0.15) is 11.6 Å². The fourth-order valence-electron chi connectivity index (χ4n) is 2.12. The molecule has 0 aliphatic heterocycles. The Bertz CT molecular complexity index is 398. The third-order valence-electron chi connectivity index (χ3n) is 3.02. The van der Waals surface area contributed by atoms with E-state index in [1.807, 2.05) is 0 Å². The second-order valence-electron chi connectivity index (χ2n) is 4.27. The van der Waals surface area contributed by atoms with Crippen molar-refractivity contribution < 1.29 is 9.47 Å². The number of nitrogens with zero attached hydrogens (tertiary/aromatic N) is 2. The van der Waals surface area contributed by atoms with Crippen molar-refractivity contribution in [3.05, 3.63) is 17.1 Å². The maximum absolute atomic E-state index is 5.50. The van der Waals surface area contributed by atoms with Gasteiger partial charge in [-0.3, -0.25) is 0 Å². The van der Waals surface area contributed by atoms with Gasteiger partial charge in [-0.05, 0) is 19.3 Å². The van der Waals surface area contributed by atoms with E-state index in [0.717, 1.165) is 36.6 Å². The Hall–Kier alpha value is -1.24. The number of hydrogen-bond donors (Lipinski definition) is 2. The molecule has 1 aromatic heterocycles. The van der Waals surface area contributed by atoms with Gasteiger partial charge >= 0.3 is 0 Å². The van der Waals surface area contributed by atoms with Crippen molar-refractivity contribution in [2.24, 2.45) is 5.84 Å². The first-order valence-corrected chi connectivity index (χ1v) is 6.27. The largest absolute Gasteiger partial charge is 0.382 e. The Kier molecular flexibility index (Phi) is 4.86. The Labute approximate surface area is 107 Å². The summed E-state index contributed by atoms with van der Waals surface area (Å²) in [6.07, 6.45) is 3.86. The van der Waals surface area contributed by atoms with E-state index in [1.165, 1.54) is 5.56 Å². The zero-order chi connectivity index (χ0) is 12.8. The minimum atomic E-state index is 0.601. The fraction of sp³-hybridized carbons (Fsp3) is 0.667. The normalized spacial score (nSPS) is 13.7. The molecule has 0 saturated carbocycles. The molecule has 1 aliphatic rings. The van der Waals surface area contributed by atoms with Crippen LogP contribution in [0.25, 0.3) is 0 Å². The van der Waals surface area contributed by atoms with Crippen LogP contribution in [0.4, 0.5) is 5.82 Å². The summed E-state index contributed by atoms with van der Waals surface area (Å²) in [4.78, 5) is 8.98. The number of ether oxygens (including phenoxy) is 2. The molecule has 6 nitrogen and oxygen atoms in total. The third kappa shape index (κ3) is 3.16. The molecule has 6 heteroatoms. The van der Waals surface area contributed by atoms with Crippen LogP contribution in [-0.2, 0) is 28.7 Å². The molecule has 0 bridgehead atoms. The Morgan fingerprint density at radius 2 is 2.11 bits per heavy atom. The standard InChI is InChI=1S/C12H20N4O2/c1-17-7-8-18-6-5-11-14-10-4-2-3-9(10)12(15-11)16-13/h2-8,13H2,1H3,(H,14,15,16). The van der Waals surface area contributed by atoms with Gasteiger partial charge in [0.25, 0.3) is 0 Å². The van der Waals surface area contributed by atoms with Crippen molar-refractivity contribution in [2.75, 3.05) is 32.4 Å². The summed E-state index contributed by atoms with van der Waals surface area (Å²) in [6.45, 7) is 1.82. The fourth-order valence-corrected chi connectivity index (χ4v) is 2.12. The lowest BCUT2D eigenvalue weighted by atomic mass is 10.2. The number of aryl methyl sites for hydroxylation is 1. The summed E-state index contributed by atoms with van der Waals surface area (Å²) in [7, 11) is 1.66. The van der Waals surface area contributed by atoms with Crippen molar-refractivity contribution in [2.45, 2.75) is 25.7 Å². The monoisotopic (exact) mass is 252 g/mol. The predicted molar refractivity (Wildman–Crippen MR) is 68.3 cm³/mol. The summed E-state index contributed by atoms with van der Waals surface area (Å²) in [5.74, 6) is 7.06. The van der Waals surface area contributed by atoms with Crippen molar-refractivity contribution in [1.29, 1.82) is 0 Å². The van der Waals surface area contributed by atoms with Crippen LogP contribution in [0, 0.1) is 0 Å². The van der Waals surface area contributed by atoms with Crippen LogP contribution in [-0.4, -0.2) is 36.9 Å². The molecule has 0 spiro atoms. The van der Waals surface area contributed by atoms with Gasteiger partial charge in [-0.25, -0.2) is 15.8 Å². The quantitative estimate of drug-likeness (QED) is 0.417. The number of methoxy groups -OCH3 is 1. The number of nitrogens with two attached hydrogens (primary N) is 1. The lowest BCUT2D eigenvalue weighted by Gasteiger charge is -2.09. The number of nitrogen functional groups attached to an aromatic ring is 1. The number of hydrazine groups is 1. The Balaban J connectivity index is 1.93. The molecule has 18 heavy (non-hydrogen) atoms. The average Bonchev–Trinajstić information content (AvgIpc) is 2.85. The van der Waals surface area contributed by atoms with E-state index < -0.39 is 0 Å². The van der Waals surface area contributed by atoms with Gasteiger partial charge in [-0.2, -0.15) is 0 Å². The van der Waals surface area contributed by atoms with Crippen molar-refractivity contribution in [3.63, 3.8) is 0 Å². The van der Waals surface area contributed by atoms with Crippen LogP contribution < -0.4 is 11.3 Å². The SMILES string of the molecule is COCCOCCc1nc2c(c(NN)n1)CCC2. The van der Waals surface area contributed by atoms with Gasteiger partial charge in [0.05, 0.1) is 19.8 Å². The molecular weight excluding hydrogens is 232 g/mol. The Morgan fingerprint density at radius 1 is 1.22 bits per heavy atom. The van der Waals surface area contributed by atoms with Crippen LogP contribution in [0.5, 0.6) is 0 Å². The summed E-state index contributed by atoms with van der Waals surface area (Å²) in [6, 6.07) is 0. The van der Waals surface area contributed by atoms with Crippen LogP contribution in [0.3, 0.4) is 0 Å². The van der Waals surface area contributed by atoms with Crippen molar-refractivity contribution in [3.8, 4) is 0 Å². The zero-order valence-electron chi connectivity index (χ0n) is 10.7. The second-order valence-corrected chi connectivity index (χ2v) is 4.27. The highest BCUT2D eigenvalue weighted by Crippen LogP contribution is 2.25. The highest BCUT2D eigenvalue weighted by molar-refractivity contribution is 5.47. The molecule has 3 N–H and O–H groups in total. The molecule has 100 valence electrons. The van der Waals surface area contributed by atoms with Crippen LogP contribution in [0.2, 0.25) is 0 Å². The minimum Gasteiger partial charge on any atom is -0.382 e. The topological polar surface area (TPSA) is 82.3 Å². The van der Waals surface area contributed by atoms with E-state index in [1.54, 1.807) is 7.11 Å². The first kappa shape index (κ1) is 13.2. The molecule has 0 aromatic carbocycles. The van der Waals surface area contributed by atoms with Gasteiger partial charge < -0.3 is 14.9 Å². The molecule has 1 aliphatic carbocycles. The zero-order valence-corrected chi connectivity index (χ0v) is 10.7. The number of anilines is 1. The van der Waals surface area contributed by atoms with E-state index in [2.05, 4.69) is 15.4 Å². The van der Waals surface area contributed by atoms with E-state index in [0.29, 0.717) is 26.2 Å². The molecular formula is C12H20N4O2. The van der Waals surface area contributed by atoms with E-state index in [4.69, 9.17) is 15.3 Å². The maximum atomic E-state index is 5.50. The molecule has 0 fully saturated rings. The number of nitrogens with one attached hydrogen (secondary N) is 1. The molecule has 0 atom stereocenters. The van der Waals surface area contributed by atoms with E-state index >= 15 is 0 Å². The highest BCUT2D eigenvalue weighted by Gasteiger charge is 2.18. The smallest absolute Gasteiger partial charge is 0.147 e. The van der Waals surface area contributed by atoms with E-state index in [9.17, 15) is 0 Å². The molecule has 0 radical (unpaired) electrons. The molecule has 0 unspecified atom stereocenters. The molecule has 0 saturated heterocycles. The molecule has 1 aromatic rings. The van der Waals surface area contributed by atoms with E-state index in [-0.39, 0.29) is 0 Å². The molecule has 1 heterocycles. The predicted octanol–water partition coefficient (Wildman–Crippen LogP) is 0.456. The van der Waals surface area contributed by atoms with Gasteiger partial charge in [0.15, 0.2) is 0 Å². The molecule has 2 rings (SSSR count). The lowest BCUT2D eigenvalue weighted by Crippen LogP contribution is -2.15. The third-order valence-corrected chi connectivity index (χ3v) is 3.02. The maximum Gasteiger partial charge on any atom is 0.147 e. The van der Waals surface area contributed by atoms with Gasteiger partial charge in [0.2, 0.25) is 0 Å². The van der Waals surface area contributed by atoms with Crippen molar-refractivity contribution in [1.82, 2.24) is 9.97 Å². The first-order valence-electron chi connectivity index (χ1n) is 6.27. The number of hydrogen-bond acceptors (Lipinski definition) is 6. The average molecular weight is 252 g/mol. The summed E-state index contributed by atoms with van der Waals surface area (Å²) >= 11 is 0. The summed E-state index contributed by atoms with van der Waals surface area (Å²) in [5, 5.41) is 0. The minimum absolute atomic E-state index is 0.601. The van der Waals surface area contributed by atoms with Crippen LogP contribution in [0.15, 0.2) is 0 Å².